The van der Waals surface area contributed by atoms with Gasteiger partial charge < -0.3 is 10.2 Å². The van der Waals surface area contributed by atoms with Crippen LogP contribution in [0.2, 0.25) is 0 Å². The van der Waals surface area contributed by atoms with E-state index in [0.29, 0.717) is 12.1 Å². The predicted molar refractivity (Wildman–Crippen MR) is 88.8 cm³/mol. The Morgan fingerprint density at radius 1 is 0.864 bits per heavy atom. The van der Waals surface area contributed by atoms with Gasteiger partial charge in [-0.15, -0.1) is 0 Å². The normalized spacial score (nSPS) is 33.9. The fourth-order valence-corrected chi connectivity index (χ4v) is 5.23. The first kappa shape index (κ1) is 14.1. The molecule has 118 valence electrons. The van der Waals surface area contributed by atoms with Crippen molar-refractivity contribution in [2.75, 3.05) is 5.32 Å². The first-order valence-corrected chi connectivity index (χ1v) is 8.99. The smallest absolute Gasteiger partial charge is 0.318 e. The average molecular weight is 298 g/mol. The largest absolute Gasteiger partial charge is 0.322 e. The molecule has 1 aromatic rings. The monoisotopic (exact) mass is 298 g/mol. The second-order valence-corrected chi connectivity index (χ2v) is 7.23. The minimum atomic E-state index is 0.137. The third-order valence-electron chi connectivity index (χ3n) is 6.09. The molecule has 1 heterocycles. The van der Waals surface area contributed by atoms with Gasteiger partial charge in [0, 0.05) is 17.8 Å². The van der Waals surface area contributed by atoms with E-state index < -0.39 is 0 Å². The number of carbonyl (C=O) groups excluding carboxylic acids is 1. The van der Waals surface area contributed by atoms with Gasteiger partial charge >= 0.3 is 6.03 Å². The molecule has 2 amide bonds. The molecule has 4 rings (SSSR count). The summed E-state index contributed by atoms with van der Waals surface area (Å²) in [6.07, 6.45) is 10.4. The number of nitrogens with one attached hydrogen (secondary N) is 1. The molecular formula is C19H26N2O. The fraction of sp³-hybridized carbons (Fsp3) is 0.632. The molecule has 2 saturated carbocycles. The minimum absolute atomic E-state index is 0.137. The van der Waals surface area contributed by atoms with Gasteiger partial charge in [-0.3, -0.25) is 0 Å². The molecule has 3 heteroatoms. The van der Waals surface area contributed by atoms with E-state index in [0.717, 1.165) is 17.5 Å². The van der Waals surface area contributed by atoms with Crippen LogP contribution >= 0.6 is 0 Å². The molecule has 2 aliphatic carbocycles. The van der Waals surface area contributed by atoms with Crippen molar-refractivity contribution in [2.45, 2.75) is 63.5 Å². The maximum absolute atomic E-state index is 12.9. The number of anilines is 1. The predicted octanol–water partition coefficient (Wildman–Crippen LogP) is 4.65. The highest BCUT2D eigenvalue weighted by Gasteiger charge is 2.51. The number of benzene rings is 1. The lowest BCUT2D eigenvalue weighted by atomic mass is 9.73. The van der Waals surface area contributed by atoms with Crippen molar-refractivity contribution < 1.29 is 4.79 Å². The number of hydrogen-bond acceptors (Lipinski definition) is 1. The number of urea groups is 1. The van der Waals surface area contributed by atoms with E-state index in [1.807, 2.05) is 30.3 Å². The van der Waals surface area contributed by atoms with Gasteiger partial charge in [0.2, 0.25) is 0 Å². The molecule has 3 nitrogen and oxygen atoms in total. The number of likely N-dealkylation sites (tertiary alicyclic amines) is 1. The van der Waals surface area contributed by atoms with Gasteiger partial charge in [-0.25, -0.2) is 4.79 Å². The molecule has 4 atom stereocenters. The minimum Gasteiger partial charge on any atom is -0.318 e. The topological polar surface area (TPSA) is 32.3 Å². The van der Waals surface area contributed by atoms with Gasteiger partial charge in [0.15, 0.2) is 0 Å². The Hall–Kier alpha value is -1.51. The van der Waals surface area contributed by atoms with Crippen LogP contribution in [0.25, 0.3) is 0 Å². The Labute approximate surface area is 133 Å². The summed E-state index contributed by atoms with van der Waals surface area (Å²) >= 11 is 0. The number of nitrogens with zero attached hydrogens (tertiary/aromatic N) is 1. The standard InChI is InChI=1S/C19H26N2O/c22-19(20-14-8-2-1-3-9-14)21-17-12-6-4-10-15(17)16-11-5-7-13-18(16)21/h1-3,8-9,15-18H,4-7,10-13H2,(H,20,22). The third kappa shape index (κ3) is 2.41. The summed E-state index contributed by atoms with van der Waals surface area (Å²) in [5.74, 6) is 1.53. The fourth-order valence-electron chi connectivity index (χ4n) is 5.23. The van der Waals surface area contributed by atoms with E-state index in [-0.39, 0.29) is 6.03 Å². The molecule has 1 aliphatic heterocycles. The van der Waals surface area contributed by atoms with E-state index in [1.165, 1.54) is 51.4 Å². The van der Waals surface area contributed by atoms with Gasteiger partial charge in [-0.1, -0.05) is 43.9 Å². The molecular weight excluding hydrogens is 272 g/mol. The van der Waals surface area contributed by atoms with Crippen molar-refractivity contribution in [3.63, 3.8) is 0 Å². The van der Waals surface area contributed by atoms with Crippen LogP contribution in [0.1, 0.15) is 51.4 Å². The number of hydrogen-bond donors (Lipinski definition) is 1. The number of para-hydroxylation sites is 1. The van der Waals surface area contributed by atoms with Crippen molar-refractivity contribution in [3.8, 4) is 0 Å². The number of rotatable bonds is 1. The van der Waals surface area contributed by atoms with E-state index in [2.05, 4.69) is 10.2 Å². The first-order valence-electron chi connectivity index (χ1n) is 8.99. The maximum Gasteiger partial charge on any atom is 0.322 e. The lowest BCUT2D eigenvalue weighted by Gasteiger charge is -2.34. The third-order valence-corrected chi connectivity index (χ3v) is 6.09. The molecule has 0 radical (unpaired) electrons. The summed E-state index contributed by atoms with van der Waals surface area (Å²) in [4.78, 5) is 15.2. The summed E-state index contributed by atoms with van der Waals surface area (Å²) in [5.41, 5.74) is 0.916. The quantitative estimate of drug-likeness (QED) is 0.804. The van der Waals surface area contributed by atoms with Crippen LogP contribution < -0.4 is 5.32 Å². The summed E-state index contributed by atoms with van der Waals surface area (Å²) in [6, 6.07) is 11.0. The molecule has 0 spiro atoms. The molecule has 3 aliphatic rings. The second-order valence-electron chi connectivity index (χ2n) is 7.23. The van der Waals surface area contributed by atoms with Crippen LogP contribution in [0, 0.1) is 11.8 Å². The van der Waals surface area contributed by atoms with Gasteiger partial charge in [0.1, 0.15) is 0 Å². The Kier molecular flexibility index (Phi) is 3.81. The summed E-state index contributed by atoms with van der Waals surface area (Å²) in [7, 11) is 0. The molecule has 0 bridgehead atoms. The van der Waals surface area contributed by atoms with Gasteiger partial charge in [0.25, 0.3) is 0 Å². The lowest BCUT2D eigenvalue weighted by molar-refractivity contribution is 0.157. The van der Waals surface area contributed by atoms with Crippen LogP contribution in [0.5, 0.6) is 0 Å². The SMILES string of the molecule is O=C(Nc1ccccc1)N1C2CCCCC2C2CCCCC21. The van der Waals surface area contributed by atoms with E-state index in [4.69, 9.17) is 0 Å². The van der Waals surface area contributed by atoms with E-state index in [1.54, 1.807) is 0 Å². The van der Waals surface area contributed by atoms with Crippen molar-refractivity contribution in [3.05, 3.63) is 30.3 Å². The molecule has 0 aromatic heterocycles. The van der Waals surface area contributed by atoms with Crippen LogP contribution in [-0.4, -0.2) is 23.0 Å². The second kappa shape index (κ2) is 5.94. The van der Waals surface area contributed by atoms with Crippen molar-refractivity contribution in [1.82, 2.24) is 4.90 Å². The highest BCUT2D eigenvalue weighted by atomic mass is 16.2. The Bertz CT molecular complexity index is 507. The summed E-state index contributed by atoms with van der Waals surface area (Å²) < 4.78 is 0. The summed E-state index contributed by atoms with van der Waals surface area (Å²) in [6.45, 7) is 0. The number of fused-ring (bicyclic) bond motifs is 3. The van der Waals surface area contributed by atoms with E-state index >= 15 is 0 Å². The van der Waals surface area contributed by atoms with Crippen molar-refractivity contribution >= 4 is 11.7 Å². The molecule has 3 fully saturated rings. The number of carbonyl (C=O) groups is 1. The van der Waals surface area contributed by atoms with Gasteiger partial charge in [-0.05, 0) is 49.7 Å². The molecule has 1 aromatic carbocycles. The summed E-state index contributed by atoms with van der Waals surface area (Å²) in [5, 5.41) is 3.14. The molecule has 1 N–H and O–H groups in total. The Morgan fingerprint density at radius 2 is 1.41 bits per heavy atom. The van der Waals surface area contributed by atoms with E-state index in [9.17, 15) is 4.79 Å². The Morgan fingerprint density at radius 3 is 2.00 bits per heavy atom. The molecule has 1 saturated heterocycles. The zero-order valence-electron chi connectivity index (χ0n) is 13.2. The van der Waals surface area contributed by atoms with Crippen LogP contribution in [0.15, 0.2) is 30.3 Å². The van der Waals surface area contributed by atoms with Crippen LogP contribution in [0.3, 0.4) is 0 Å². The highest BCUT2D eigenvalue weighted by molar-refractivity contribution is 5.90. The molecule has 4 unspecified atom stereocenters. The van der Waals surface area contributed by atoms with Crippen LogP contribution in [0.4, 0.5) is 10.5 Å². The lowest BCUT2D eigenvalue weighted by Crippen LogP contribution is -2.46. The van der Waals surface area contributed by atoms with Gasteiger partial charge in [-0.2, -0.15) is 0 Å². The zero-order valence-corrected chi connectivity index (χ0v) is 13.2. The molecule has 22 heavy (non-hydrogen) atoms. The van der Waals surface area contributed by atoms with Crippen LogP contribution in [-0.2, 0) is 0 Å². The maximum atomic E-state index is 12.9. The van der Waals surface area contributed by atoms with Gasteiger partial charge in [0.05, 0.1) is 0 Å². The zero-order chi connectivity index (χ0) is 14.9. The average Bonchev–Trinajstić information content (AvgIpc) is 2.90. The number of amides is 2. The first-order chi connectivity index (χ1) is 10.8. The van der Waals surface area contributed by atoms with Crippen molar-refractivity contribution in [1.29, 1.82) is 0 Å². The van der Waals surface area contributed by atoms with Crippen molar-refractivity contribution in [2.24, 2.45) is 11.8 Å². The Balaban J connectivity index is 1.57. The highest BCUT2D eigenvalue weighted by Crippen LogP contribution is 2.49.